The van der Waals surface area contributed by atoms with E-state index in [-0.39, 0.29) is 5.65 Å². The third kappa shape index (κ3) is 3.33. The van der Waals surface area contributed by atoms with Gasteiger partial charge in [0.2, 0.25) is 0 Å². The molecule has 9 heteroatoms. The zero-order valence-electron chi connectivity index (χ0n) is 13.9. The summed E-state index contributed by atoms with van der Waals surface area (Å²) in [6, 6.07) is 7.22. The Labute approximate surface area is 147 Å². The lowest BCUT2D eigenvalue weighted by atomic mass is 9.91. The summed E-state index contributed by atoms with van der Waals surface area (Å²) in [7, 11) is 0. The molecule has 6 nitrogen and oxygen atoms in total. The number of hydrogen-bond donors (Lipinski definition) is 0. The predicted octanol–water partition coefficient (Wildman–Crippen LogP) is 3.00. The summed E-state index contributed by atoms with van der Waals surface area (Å²) in [6.45, 7) is 1.51. The highest BCUT2D eigenvalue weighted by atomic mass is 19.4. The lowest BCUT2D eigenvalue weighted by molar-refractivity contribution is -0.146. The fourth-order valence-corrected chi connectivity index (χ4v) is 3.34. The van der Waals surface area contributed by atoms with E-state index >= 15 is 0 Å². The van der Waals surface area contributed by atoms with Crippen molar-refractivity contribution in [2.45, 2.75) is 25.4 Å². The van der Waals surface area contributed by atoms with Gasteiger partial charge in [0, 0.05) is 25.5 Å². The first kappa shape index (κ1) is 16.7. The van der Waals surface area contributed by atoms with Crippen molar-refractivity contribution in [1.82, 2.24) is 24.8 Å². The summed E-state index contributed by atoms with van der Waals surface area (Å²) in [5, 5.41) is 10.9. The Balaban J connectivity index is 1.47. The van der Waals surface area contributed by atoms with Crippen LogP contribution >= 0.6 is 0 Å². The number of piperidine rings is 1. The van der Waals surface area contributed by atoms with Gasteiger partial charge < -0.3 is 4.90 Å². The molecule has 3 aromatic rings. The van der Waals surface area contributed by atoms with Crippen LogP contribution in [0, 0.1) is 5.92 Å². The van der Waals surface area contributed by atoms with Gasteiger partial charge >= 0.3 is 6.18 Å². The molecule has 0 radical (unpaired) electrons. The van der Waals surface area contributed by atoms with Crippen LogP contribution in [-0.4, -0.2) is 37.9 Å². The highest BCUT2D eigenvalue weighted by molar-refractivity contribution is 5.46. The van der Waals surface area contributed by atoms with Gasteiger partial charge in [0.15, 0.2) is 5.65 Å². The Morgan fingerprint density at radius 3 is 2.58 bits per heavy atom. The minimum Gasteiger partial charge on any atom is -0.355 e. The molecule has 26 heavy (non-hydrogen) atoms. The number of anilines is 1. The first-order valence-corrected chi connectivity index (χ1v) is 8.44. The third-order valence-corrected chi connectivity index (χ3v) is 4.69. The number of hydrogen-bond acceptors (Lipinski definition) is 5. The van der Waals surface area contributed by atoms with Crippen LogP contribution < -0.4 is 4.90 Å². The molecule has 1 fully saturated rings. The molecular weight excluding hydrogens is 345 g/mol. The van der Waals surface area contributed by atoms with Gasteiger partial charge in [-0.2, -0.15) is 17.7 Å². The lowest BCUT2D eigenvalue weighted by Gasteiger charge is -2.32. The number of nitrogens with zero attached hydrogens (tertiary/aromatic N) is 6. The molecule has 0 aliphatic carbocycles. The van der Waals surface area contributed by atoms with Gasteiger partial charge in [0.1, 0.15) is 5.82 Å². The summed E-state index contributed by atoms with van der Waals surface area (Å²) in [4.78, 5) is 6.15. The molecule has 1 aliphatic heterocycles. The second-order valence-corrected chi connectivity index (χ2v) is 6.48. The molecule has 0 bridgehead atoms. The van der Waals surface area contributed by atoms with Gasteiger partial charge in [0.05, 0.1) is 0 Å². The summed E-state index contributed by atoms with van der Waals surface area (Å²) >= 11 is 0. The smallest absolute Gasteiger partial charge is 0.355 e. The van der Waals surface area contributed by atoms with Crippen molar-refractivity contribution in [3.63, 3.8) is 0 Å². The highest BCUT2D eigenvalue weighted by Gasteiger charge is 2.37. The van der Waals surface area contributed by atoms with Crippen molar-refractivity contribution in [2.24, 2.45) is 5.92 Å². The number of aromatic nitrogens is 5. The summed E-state index contributed by atoms with van der Waals surface area (Å²) in [5.74, 6) is -0.0386. The van der Waals surface area contributed by atoms with Crippen LogP contribution in [-0.2, 0) is 12.6 Å². The minimum absolute atomic E-state index is 0.0903. The van der Waals surface area contributed by atoms with Crippen molar-refractivity contribution in [3.05, 3.63) is 48.0 Å². The van der Waals surface area contributed by atoms with Gasteiger partial charge in [-0.25, -0.2) is 0 Å². The zero-order valence-corrected chi connectivity index (χ0v) is 13.9. The average molecular weight is 362 g/mol. The van der Waals surface area contributed by atoms with Crippen LogP contribution in [0.5, 0.6) is 0 Å². The molecule has 1 aliphatic rings. The Morgan fingerprint density at radius 1 is 1.08 bits per heavy atom. The molecule has 0 unspecified atom stereocenters. The molecule has 0 spiro atoms. The Kier molecular flexibility index (Phi) is 4.21. The van der Waals surface area contributed by atoms with E-state index in [4.69, 9.17) is 0 Å². The van der Waals surface area contributed by atoms with Gasteiger partial charge in [0.25, 0.3) is 5.82 Å². The number of halogens is 3. The van der Waals surface area contributed by atoms with Gasteiger partial charge in [-0.1, -0.05) is 6.07 Å². The van der Waals surface area contributed by atoms with Gasteiger partial charge in [-0.15, -0.1) is 15.3 Å². The van der Waals surface area contributed by atoms with Crippen molar-refractivity contribution in [1.29, 1.82) is 0 Å². The van der Waals surface area contributed by atoms with E-state index in [1.807, 2.05) is 17.2 Å². The summed E-state index contributed by atoms with van der Waals surface area (Å²) in [6.07, 6.45) is 1.95. The normalized spacial score (nSPS) is 16.3. The van der Waals surface area contributed by atoms with Crippen LogP contribution in [0.4, 0.5) is 19.0 Å². The molecule has 136 valence electrons. The second kappa shape index (κ2) is 6.54. The molecule has 0 N–H and O–H groups in total. The van der Waals surface area contributed by atoms with Crippen molar-refractivity contribution < 1.29 is 13.2 Å². The Hall–Kier alpha value is -2.71. The summed E-state index contributed by atoms with van der Waals surface area (Å²) in [5.41, 5.74) is 1.30. The average Bonchev–Trinajstić information content (AvgIpc) is 3.07. The second-order valence-electron chi connectivity index (χ2n) is 6.48. The molecule has 4 rings (SSSR count). The monoisotopic (exact) mass is 362 g/mol. The maximum atomic E-state index is 13.0. The number of pyridine rings is 1. The standard InChI is InChI=1S/C17H17F3N6/c18-17(19,20)16-23-22-14-3-4-15(24-26(14)16)25-8-5-12(6-9-25)10-13-2-1-7-21-11-13/h1-4,7,11-12H,5-6,8-10H2. The topological polar surface area (TPSA) is 59.2 Å². The SMILES string of the molecule is FC(F)(F)c1nnc2ccc(N3CCC(Cc4cccnc4)CC3)nn12. The highest BCUT2D eigenvalue weighted by Crippen LogP contribution is 2.29. The van der Waals surface area contributed by atoms with E-state index in [2.05, 4.69) is 26.3 Å². The maximum absolute atomic E-state index is 13.0. The number of alkyl halides is 3. The fraction of sp³-hybridized carbons (Fsp3) is 0.412. The van der Waals surface area contributed by atoms with E-state index in [0.29, 0.717) is 11.7 Å². The van der Waals surface area contributed by atoms with Gasteiger partial charge in [-0.05, 0) is 48.9 Å². The number of fused-ring (bicyclic) bond motifs is 1. The molecule has 0 saturated carbocycles. The van der Waals surface area contributed by atoms with Crippen LogP contribution in [0.25, 0.3) is 5.65 Å². The van der Waals surface area contributed by atoms with E-state index < -0.39 is 12.0 Å². The Morgan fingerprint density at radius 2 is 1.88 bits per heavy atom. The van der Waals surface area contributed by atoms with Crippen LogP contribution in [0.1, 0.15) is 24.2 Å². The van der Waals surface area contributed by atoms with Crippen LogP contribution in [0.2, 0.25) is 0 Å². The minimum atomic E-state index is -4.58. The van der Waals surface area contributed by atoms with Crippen LogP contribution in [0.3, 0.4) is 0 Å². The molecule has 0 aromatic carbocycles. The third-order valence-electron chi connectivity index (χ3n) is 4.69. The zero-order chi connectivity index (χ0) is 18.1. The largest absolute Gasteiger partial charge is 0.453 e. The van der Waals surface area contributed by atoms with E-state index in [0.717, 1.165) is 36.9 Å². The maximum Gasteiger partial charge on any atom is 0.453 e. The van der Waals surface area contributed by atoms with Crippen molar-refractivity contribution in [3.8, 4) is 0 Å². The first-order chi connectivity index (χ1) is 12.5. The molecule has 1 saturated heterocycles. The molecule has 0 atom stereocenters. The van der Waals surface area contributed by atoms with Crippen molar-refractivity contribution >= 4 is 11.5 Å². The van der Waals surface area contributed by atoms with E-state index in [9.17, 15) is 13.2 Å². The number of rotatable bonds is 3. The first-order valence-electron chi connectivity index (χ1n) is 8.44. The van der Waals surface area contributed by atoms with Crippen LogP contribution in [0.15, 0.2) is 36.7 Å². The molecular formula is C17H17F3N6. The Bertz CT molecular complexity index is 884. The molecule has 4 heterocycles. The fourth-order valence-electron chi connectivity index (χ4n) is 3.34. The molecule has 3 aromatic heterocycles. The quantitative estimate of drug-likeness (QED) is 0.717. The van der Waals surface area contributed by atoms with E-state index in [1.165, 1.54) is 11.6 Å². The summed E-state index contributed by atoms with van der Waals surface area (Å²) < 4.78 is 39.8. The molecule has 0 amide bonds. The van der Waals surface area contributed by atoms with Gasteiger partial charge in [-0.3, -0.25) is 4.98 Å². The van der Waals surface area contributed by atoms with Crippen molar-refractivity contribution in [2.75, 3.05) is 18.0 Å². The predicted molar refractivity (Wildman–Crippen MR) is 88.7 cm³/mol. The van der Waals surface area contributed by atoms with E-state index in [1.54, 1.807) is 12.3 Å². The lowest BCUT2D eigenvalue weighted by Crippen LogP contribution is -2.35.